The van der Waals surface area contributed by atoms with E-state index in [1.807, 2.05) is 12.1 Å². The van der Waals surface area contributed by atoms with E-state index in [0.717, 1.165) is 5.56 Å². The molecule has 0 aliphatic carbocycles. The zero-order valence-corrected chi connectivity index (χ0v) is 13.9. The van der Waals surface area contributed by atoms with E-state index < -0.39 is 4.92 Å². The van der Waals surface area contributed by atoms with Gasteiger partial charge in [0.05, 0.1) is 16.0 Å². The maximum atomic E-state index is 10.9. The van der Waals surface area contributed by atoms with Crippen molar-refractivity contribution in [2.45, 2.75) is 0 Å². The lowest BCUT2D eigenvalue weighted by atomic mass is 10.1. The van der Waals surface area contributed by atoms with Gasteiger partial charge in [-0.05, 0) is 24.3 Å². The summed E-state index contributed by atoms with van der Waals surface area (Å²) in [6, 6.07) is 11.6. The van der Waals surface area contributed by atoms with Gasteiger partial charge in [-0.2, -0.15) is 0 Å². The molecule has 2 aromatic heterocycles. The Bertz CT molecular complexity index is 1020. The van der Waals surface area contributed by atoms with Crippen molar-refractivity contribution in [2.75, 3.05) is 12.4 Å². The highest BCUT2D eigenvalue weighted by Crippen LogP contribution is 2.23. The van der Waals surface area contributed by atoms with Crippen LogP contribution in [0.4, 0.5) is 17.2 Å². The van der Waals surface area contributed by atoms with E-state index in [9.17, 15) is 10.1 Å². The lowest BCUT2D eigenvalue weighted by Crippen LogP contribution is -1.99. The molecule has 26 heavy (non-hydrogen) atoms. The minimum absolute atomic E-state index is 0.00701. The van der Waals surface area contributed by atoms with E-state index in [0.29, 0.717) is 28.1 Å². The predicted octanol–water partition coefficient (Wildman–Crippen LogP) is 3.49. The minimum atomic E-state index is -0.442. The van der Waals surface area contributed by atoms with Crippen molar-refractivity contribution in [1.82, 2.24) is 15.3 Å². The Kier molecular flexibility index (Phi) is 4.84. The van der Waals surface area contributed by atoms with Crippen LogP contribution in [0.1, 0.15) is 5.56 Å². The van der Waals surface area contributed by atoms with Crippen molar-refractivity contribution >= 4 is 40.0 Å². The summed E-state index contributed by atoms with van der Waals surface area (Å²) in [5.41, 5.74) is 3.40. The zero-order valence-electron chi connectivity index (χ0n) is 13.9. The SMILES string of the molecule is CN/C=C(\C=N)c1cnc2ccc(Nc3cccc([N+](=O)[O-])c3)nc2c1. The molecular weight excluding hydrogens is 332 g/mol. The second kappa shape index (κ2) is 7.39. The number of nitro groups is 1. The number of fused-ring (bicyclic) bond motifs is 1. The molecule has 0 saturated heterocycles. The monoisotopic (exact) mass is 348 g/mol. The first kappa shape index (κ1) is 17.0. The Hall–Kier alpha value is -3.81. The molecule has 0 bridgehead atoms. The third-order valence-corrected chi connectivity index (χ3v) is 3.66. The maximum Gasteiger partial charge on any atom is 0.271 e. The number of rotatable bonds is 6. The van der Waals surface area contributed by atoms with Crippen LogP contribution in [-0.4, -0.2) is 28.2 Å². The summed E-state index contributed by atoms with van der Waals surface area (Å²) in [5, 5.41) is 24.4. The van der Waals surface area contributed by atoms with E-state index in [2.05, 4.69) is 20.6 Å². The number of nitro benzene ring substituents is 1. The molecule has 0 spiro atoms. The third kappa shape index (κ3) is 3.64. The van der Waals surface area contributed by atoms with Gasteiger partial charge in [0.25, 0.3) is 5.69 Å². The fraction of sp³-hybridized carbons (Fsp3) is 0.0556. The molecule has 2 heterocycles. The van der Waals surface area contributed by atoms with Crippen LogP contribution in [0.5, 0.6) is 0 Å². The number of hydrogen-bond donors (Lipinski definition) is 3. The summed E-state index contributed by atoms with van der Waals surface area (Å²) in [4.78, 5) is 19.3. The molecule has 0 aliphatic heterocycles. The van der Waals surface area contributed by atoms with Crippen molar-refractivity contribution in [3.05, 3.63) is 70.5 Å². The molecule has 0 amide bonds. The summed E-state index contributed by atoms with van der Waals surface area (Å²) < 4.78 is 0. The molecular formula is C18H16N6O2. The number of nitrogens with zero attached hydrogens (tertiary/aromatic N) is 3. The highest BCUT2D eigenvalue weighted by atomic mass is 16.6. The molecule has 0 unspecified atom stereocenters. The normalized spacial score (nSPS) is 11.2. The number of aromatic nitrogens is 2. The minimum Gasteiger partial charge on any atom is -0.393 e. The van der Waals surface area contributed by atoms with Crippen LogP contribution >= 0.6 is 0 Å². The van der Waals surface area contributed by atoms with Crippen molar-refractivity contribution in [2.24, 2.45) is 0 Å². The number of nitrogens with one attached hydrogen (secondary N) is 3. The molecule has 3 rings (SSSR count). The van der Waals surface area contributed by atoms with Crippen molar-refractivity contribution in [3.63, 3.8) is 0 Å². The van der Waals surface area contributed by atoms with Crippen LogP contribution < -0.4 is 10.6 Å². The molecule has 8 heteroatoms. The van der Waals surface area contributed by atoms with Crippen LogP contribution in [0.25, 0.3) is 16.6 Å². The van der Waals surface area contributed by atoms with E-state index in [1.165, 1.54) is 18.3 Å². The molecule has 0 saturated carbocycles. The van der Waals surface area contributed by atoms with Gasteiger partial charge in [-0.15, -0.1) is 0 Å². The van der Waals surface area contributed by atoms with Crippen molar-refractivity contribution < 1.29 is 4.92 Å². The molecule has 0 fully saturated rings. The topological polar surface area (TPSA) is 117 Å². The summed E-state index contributed by atoms with van der Waals surface area (Å²) in [6.45, 7) is 0. The zero-order chi connectivity index (χ0) is 18.5. The predicted molar refractivity (Wildman–Crippen MR) is 102 cm³/mol. The Morgan fingerprint density at radius 3 is 2.81 bits per heavy atom. The smallest absolute Gasteiger partial charge is 0.271 e. The number of non-ortho nitro benzene ring substituents is 1. The summed E-state index contributed by atoms with van der Waals surface area (Å²) in [7, 11) is 1.76. The molecule has 8 nitrogen and oxygen atoms in total. The van der Waals surface area contributed by atoms with Gasteiger partial charge in [0.1, 0.15) is 5.82 Å². The second-order valence-corrected chi connectivity index (χ2v) is 5.42. The summed E-state index contributed by atoms with van der Waals surface area (Å²) in [5.74, 6) is 0.547. The third-order valence-electron chi connectivity index (χ3n) is 3.66. The van der Waals surface area contributed by atoms with Crippen molar-refractivity contribution in [1.29, 1.82) is 5.41 Å². The molecule has 0 atom stereocenters. The molecule has 1 aromatic carbocycles. The Morgan fingerprint density at radius 2 is 2.08 bits per heavy atom. The quantitative estimate of drug-likeness (QED) is 0.357. The van der Waals surface area contributed by atoms with Gasteiger partial charge in [-0.25, -0.2) is 4.98 Å². The highest BCUT2D eigenvalue weighted by molar-refractivity contribution is 6.08. The van der Waals surface area contributed by atoms with Gasteiger partial charge in [0.15, 0.2) is 0 Å². The lowest BCUT2D eigenvalue weighted by Gasteiger charge is -2.08. The number of benzene rings is 1. The Balaban J connectivity index is 1.95. The van der Waals surface area contributed by atoms with Crippen LogP contribution in [0.2, 0.25) is 0 Å². The molecule has 130 valence electrons. The second-order valence-electron chi connectivity index (χ2n) is 5.42. The van der Waals surface area contributed by atoms with Gasteiger partial charge in [0.2, 0.25) is 0 Å². The standard InChI is InChI=1S/C18H16N6O2/c1-20-10-13(9-19)12-7-17-16(21-11-12)5-6-18(23-17)22-14-3-2-4-15(8-14)24(25)26/h2-11,19-20H,1H3,(H,22,23)/b13-10+,19-9?. The fourth-order valence-electron chi connectivity index (χ4n) is 2.44. The lowest BCUT2D eigenvalue weighted by molar-refractivity contribution is -0.384. The molecule has 0 aliphatic rings. The number of anilines is 2. The molecule has 3 N–H and O–H groups in total. The largest absolute Gasteiger partial charge is 0.393 e. The van der Waals surface area contributed by atoms with Gasteiger partial charge in [-0.3, -0.25) is 15.1 Å². The first-order chi connectivity index (χ1) is 12.6. The van der Waals surface area contributed by atoms with Crippen LogP contribution in [0.3, 0.4) is 0 Å². The van der Waals surface area contributed by atoms with Gasteiger partial charge in [0, 0.05) is 54.6 Å². The van der Waals surface area contributed by atoms with Crippen LogP contribution in [-0.2, 0) is 0 Å². The maximum absolute atomic E-state index is 10.9. The number of pyridine rings is 2. The average Bonchev–Trinajstić information content (AvgIpc) is 2.65. The van der Waals surface area contributed by atoms with E-state index >= 15 is 0 Å². The number of hydrogen-bond acceptors (Lipinski definition) is 7. The number of allylic oxidation sites excluding steroid dienone is 1. The first-order valence-corrected chi connectivity index (χ1v) is 7.77. The summed E-state index contributed by atoms with van der Waals surface area (Å²) >= 11 is 0. The fourth-order valence-corrected chi connectivity index (χ4v) is 2.44. The average molecular weight is 348 g/mol. The van der Waals surface area contributed by atoms with Crippen molar-refractivity contribution in [3.8, 4) is 0 Å². The van der Waals surface area contributed by atoms with Gasteiger partial charge < -0.3 is 16.0 Å². The van der Waals surface area contributed by atoms with Crippen LogP contribution in [0, 0.1) is 15.5 Å². The van der Waals surface area contributed by atoms with Crippen LogP contribution in [0.15, 0.2) is 54.9 Å². The Morgan fingerprint density at radius 1 is 1.23 bits per heavy atom. The first-order valence-electron chi connectivity index (χ1n) is 7.77. The molecule has 0 radical (unpaired) electrons. The summed E-state index contributed by atoms with van der Waals surface area (Å²) in [6.07, 6.45) is 4.64. The molecule has 3 aromatic rings. The van der Waals surface area contributed by atoms with E-state index in [4.69, 9.17) is 5.41 Å². The van der Waals surface area contributed by atoms with Gasteiger partial charge >= 0.3 is 0 Å². The van der Waals surface area contributed by atoms with E-state index in [1.54, 1.807) is 37.6 Å². The van der Waals surface area contributed by atoms with E-state index in [-0.39, 0.29) is 5.69 Å². The highest BCUT2D eigenvalue weighted by Gasteiger charge is 2.08. The Labute approximate surface area is 149 Å². The van der Waals surface area contributed by atoms with Gasteiger partial charge in [-0.1, -0.05) is 6.07 Å².